The van der Waals surface area contributed by atoms with Gasteiger partial charge in [-0.1, -0.05) is 6.07 Å². The van der Waals surface area contributed by atoms with Crippen LogP contribution in [-0.2, 0) is 10.0 Å². The van der Waals surface area contributed by atoms with E-state index >= 15 is 0 Å². The molecular weight excluding hydrogens is 220 g/mol. The predicted molar refractivity (Wildman–Crippen MR) is 55.3 cm³/mol. The second-order valence-corrected chi connectivity index (χ2v) is 5.51. The molecule has 4 nitrogen and oxygen atoms in total. The zero-order valence-corrected chi connectivity index (χ0v) is 9.23. The highest BCUT2D eigenvalue weighted by atomic mass is 32.2. The molecule has 0 fully saturated rings. The highest BCUT2D eigenvalue weighted by Gasteiger charge is 2.15. The Morgan fingerprint density at radius 3 is 2.93 bits per heavy atom. The van der Waals surface area contributed by atoms with E-state index in [9.17, 15) is 8.42 Å². The lowest BCUT2D eigenvalue weighted by atomic mass is 10.3. The maximum Gasteiger partial charge on any atom is 0.225 e. The van der Waals surface area contributed by atoms with Crippen molar-refractivity contribution in [1.82, 2.24) is 4.72 Å². The van der Waals surface area contributed by atoms with Crippen molar-refractivity contribution in [3.05, 3.63) is 22.4 Å². The summed E-state index contributed by atoms with van der Waals surface area (Å²) in [6, 6.07) is 5.05. The molecule has 0 amide bonds. The summed E-state index contributed by atoms with van der Waals surface area (Å²) in [5, 5.41) is 10.2. The van der Waals surface area contributed by atoms with Gasteiger partial charge in [-0.25, -0.2) is 13.1 Å². The van der Waals surface area contributed by atoms with Crippen LogP contribution in [0.3, 0.4) is 0 Å². The maximum absolute atomic E-state index is 11.2. The highest BCUT2D eigenvalue weighted by molar-refractivity contribution is 7.89. The molecule has 1 atom stereocenters. The lowest BCUT2D eigenvalue weighted by molar-refractivity contribution is 0.572. The van der Waals surface area contributed by atoms with Gasteiger partial charge < -0.3 is 0 Å². The Morgan fingerprint density at radius 2 is 2.43 bits per heavy atom. The van der Waals surface area contributed by atoms with Crippen molar-refractivity contribution in [3.8, 4) is 6.07 Å². The molecule has 76 valence electrons. The molecule has 0 spiro atoms. The topological polar surface area (TPSA) is 70.0 Å². The van der Waals surface area contributed by atoms with Crippen molar-refractivity contribution < 1.29 is 8.42 Å². The molecule has 0 aromatic carbocycles. The molecule has 1 unspecified atom stereocenters. The fraction of sp³-hybridized carbons (Fsp3) is 0.375. The lowest BCUT2D eigenvalue weighted by Gasteiger charge is -2.10. The summed E-state index contributed by atoms with van der Waals surface area (Å²) in [6.45, 7) is 1.75. The Bertz CT molecular complexity index is 417. The SMILES string of the molecule is CC(NS(=O)(=O)CC#N)c1cccs1. The molecule has 0 aliphatic rings. The Kier molecular flexibility index (Phi) is 3.63. The van der Waals surface area contributed by atoms with Crippen LogP contribution in [0.25, 0.3) is 0 Å². The van der Waals surface area contributed by atoms with Crippen molar-refractivity contribution in [1.29, 1.82) is 5.26 Å². The van der Waals surface area contributed by atoms with Crippen LogP contribution < -0.4 is 4.72 Å². The van der Waals surface area contributed by atoms with Gasteiger partial charge in [-0.05, 0) is 18.4 Å². The van der Waals surface area contributed by atoms with Gasteiger partial charge in [0.2, 0.25) is 10.0 Å². The predicted octanol–water partition coefficient (Wildman–Crippen LogP) is 1.25. The summed E-state index contributed by atoms with van der Waals surface area (Å²) < 4.78 is 24.8. The number of thiophene rings is 1. The smallest absolute Gasteiger partial charge is 0.211 e. The van der Waals surface area contributed by atoms with Crippen LogP contribution in [0, 0.1) is 11.3 Å². The first-order chi connectivity index (χ1) is 6.55. The first kappa shape index (κ1) is 11.2. The van der Waals surface area contributed by atoms with Gasteiger partial charge in [0.05, 0.1) is 12.1 Å². The van der Waals surface area contributed by atoms with Gasteiger partial charge in [0, 0.05) is 4.88 Å². The average molecular weight is 230 g/mol. The van der Waals surface area contributed by atoms with Crippen LogP contribution in [0.5, 0.6) is 0 Å². The van der Waals surface area contributed by atoms with E-state index in [-0.39, 0.29) is 6.04 Å². The fourth-order valence-electron chi connectivity index (χ4n) is 0.992. The molecule has 0 radical (unpaired) electrons. The van der Waals surface area contributed by atoms with E-state index < -0.39 is 15.8 Å². The number of nitrogens with one attached hydrogen (secondary N) is 1. The van der Waals surface area contributed by atoms with E-state index in [2.05, 4.69) is 4.72 Å². The molecule has 0 aliphatic heterocycles. The fourth-order valence-corrected chi connectivity index (χ4v) is 2.72. The molecule has 1 aromatic rings. The van der Waals surface area contributed by atoms with Crippen LogP contribution >= 0.6 is 11.3 Å². The van der Waals surface area contributed by atoms with Gasteiger partial charge >= 0.3 is 0 Å². The minimum Gasteiger partial charge on any atom is -0.211 e. The van der Waals surface area contributed by atoms with Gasteiger partial charge in [-0.2, -0.15) is 5.26 Å². The number of sulfonamides is 1. The third kappa shape index (κ3) is 3.10. The number of rotatable bonds is 4. The van der Waals surface area contributed by atoms with Crippen molar-refractivity contribution in [3.63, 3.8) is 0 Å². The van der Waals surface area contributed by atoms with Crippen LogP contribution in [0.4, 0.5) is 0 Å². The van der Waals surface area contributed by atoms with Crippen LogP contribution in [0.15, 0.2) is 17.5 Å². The van der Waals surface area contributed by atoms with Gasteiger partial charge in [0.25, 0.3) is 0 Å². The normalized spacial score (nSPS) is 13.4. The quantitative estimate of drug-likeness (QED) is 0.846. The first-order valence-electron chi connectivity index (χ1n) is 3.95. The van der Waals surface area contributed by atoms with Gasteiger partial charge in [0.1, 0.15) is 0 Å². The molecule has 6 heteroatoms. The molecule has 1 heterocycles. The van der Waals surface area contributed by atoms with Gasteiger partial charge in [-0.15, -0.1) is 11.3 Å². The number of nitrogens with zero attached hydrogens (tertiary/aromatic N) is 1. The maximum atomic E-state index is 11.2. The standard InChI is InChI=1S/C8H10N2O2S2/c1-7(8-3-2-5-13-8)10-14(11,12)6-4-9/h2-3,5,7,10H,6H2,1H3. The van der Waals surface area contributed by atoms with Crippen molar-refractivity contribution >= 4 is 21.4 Å². The van der Waals surface area contributed by atoms with Gasteiger partial charge in [-0.3, -0.25) is 0 Å². The molecule has 0 aliphatic carbocycles. The molecule has 14 heavy (non-hydrogen) atoms. The van der Waals surface area contributed by atoms with E-state index in [1.54, 1.807) is 13.0 Å². The summed E-state index contributed by atoms with van der Waals surface area (Å²) in [7, 11) is -3.46. The number of hydrogen-bond acceptors (Lipinski definition) is 4. The molecule has 0 bridgehead atoms. The van der Waals surface area contributed by atoms with Crippen LogP contribution in [0.1, 0.15) is 17.8 Å². The monoisotopic (exact) mass is 230 g/mol. The van der Waals surface area contributed by atoms with Crippen molar-refractivity contribution in [2.45, 2.75) is 13.0 Å². The molecule has 1 rings (SSSR count). The Balaban J connectivity index is 2.67. The molecule has 0 saturated carbocycles. The summed E-state index contributed by atoms with van der Waals surface area (Å²) in [5.74, 6) is -0.497. The first-order valence-corrected chi connectivity index (χ1v) is 6.49. The molecular formula is C8H10N2O2S2. The summed E-state index contributed by atoms with van der Waals surface area (Å²) >= 11 is 1.48. The Morgan fingerprint density at radius 1 is 1.71 bits per heavy atom. The number of hydrogen-bond donors (Lipinski definition) is 1. The average Bonchev–Trinajstić information content (AvgIpc) is 2.53. The lowest BCUT2D eigenvalue weighted by Crippen LogP contribution is -2.28. The van der Waals surface area contributed by atoms with Crippen LogP contribution in [0.2, 0.25) is 0 Å². The van der Waals surface area contributed by atoms with Crippen molar-refractivity contribution in [2.75, 3.05) is 5.75 Å². The summed E-state index contributed by atoms with van der Waals surface area (Å²) in [6.07, 6.45) is 0. The minimum absolute atomic E-state index is 0.270. The largest absolute Gasteiger partial charge is 0.225 e. The molecule has 0 saturated heterocycles. The Labute approximate surface area is 87.2 Å². The number of nitriles is 1. The van der Waals surface area contributed by atoms with Gasteiger partial charge in [0.15, 0.2) is 5.75 Å². The van der Waals surface area contributed by atoms with E-state index in [1.165, 1.54) is 11.3 Å². The van der Waals surface area contributed by atoms with E-state index in [4.69, 9.17) is 5.26 Å². The second-order valence-electron chi connectivity index (χ2n) is 2.77. The highest BCUT2D eigenvalue weighted by Crippen LogP contribution is 2.18. The molecule has 1 N–H and O–H groups in total. The second kappa shape index (κ2) is 4.55. The zero-order chi connectivity index (χ0) is 10.6. The Hall–Kier alpha value is -0.900. The minimum atomic E-state index is -3.46. The molecule has 1 aromatic heterocycles. The summed E-state index contributed by atoms with van der Waals surface area (Å²) in [5.41, 5.74) is 0. The third-order valence-electron chi connectivity index (χ3n) is 1.58. The van der Waals surface area contributed by atoms with E-state index in [1.807, 2.05) is 17.5 Å². The van der Waals surface area contributed by atoms with E-state index in [0.717, 1.165) is 4.88 Å². The third-order valence-corrected chi connectivity index (χ3v) is 3.86. The summed E-state index contributed by atoms with van der Waals surface area (Å²) in [4.78, 5) is 0.937. The zero-order valence-electron chi connectivity index (χ0n) is 7.60. The van der Waals surface area contributed by atoms with E-state index in [0.29, 0.717) is 0 Å². The van der Waals surface area contributed by atoms with Crippen LogP contribution in [-0.4, -0.2) is 14.2 Å². The van der Waals surface area contributed by atoms with Crippen molar-refractivity contribution in [2.24, 2.45) is 0 Å².